The first-order chi connectivity index (χ1) is 14.4. The van der Waals surface area contributed by atoms with Crippen molar-refractivity contribution in [2.75, 3.05) is 39.0 Å². The van der Waals surface area contributed by atoms with Crippen LogP contribution in [0.2, 0.25) is 0 Å². The standard InChI is InChI=1S/C22H33N3O5S/c1-16-13-24(21(26)30-22(2,3)4)14-18(16)15-29-19-6-7-20(23-12-19)17-8-10-25(11-9-17)31(5,27)28/h6-8,12,16,18H,9-11,13-15H2,1-5H3. The molecule has 9 heteroatoms. The Morgan fingerprint density at radius 3 is 2.55 bits per heavy atom. The third-order valence-corrected chi connectivity index (χ3v) is 6.86. The van der Waals surface area contributed by atoms with E-state index in [1.54, 1.807) is 11.1 Å². The van der Waals surface area contributed by atoms with Crippen molar-refractivity contribution in [2.45, 2.75) is 39.7 Å². The second kappa shape index (κ2) is 9.16. The maximum atomic E-state index is 12.3. The average Bonchev–Trinajstić information content (AvgIpc) is 3.06. The summed E-state index contributed by atoms with van der Waals surface area (Å²) in [7, 11) is -3.16. The third kappa shape index (κ3) is 6.43. The molecule has 1 aromatic heterocycles. The summed E-state index contributed by atoms with van der Waals surface area (Å²) in [5.74, 6) is 1.24. The topological polar surface area (TPSA) is 89.0 Å². The van der Waals surface area contributed by atoms with E-state index >= 15 is 0 Å². The number of ether oxygens (including phenoxy) is 2. The number of rotatable bonds is 5. The largest absolute Gasteiger partial charge is 0.492 e. The number of hydrogen-bond acceptors (Lipinski definition) is 6. The van der Waals surface area contributed by atoms with E-state index in [0.29, 0.717) is 50.9 Å². The lowest BCUT2D eigenvalue weighted by atomic mass is 9.99. The maximum Gasteiger partial charge on any atom is 0.410 e. The summed E-state index contributed by atoms with van der Waals surface area (Å²) in [5, 5.41) is 0. The highest BCUT2D eigenvalue weighted by Crippen LogP contribution is 2.27. The first-order valence-corrected chi connectivity index (χ1v) is 12.5. The van der Waals surface area contributed by atoms with Crippen molar-refractivity contribution in [2.24, 2.45) is 11.8 Å². The maximum absolute atomic E-state index is 12.3. The Labute approximate surface area is 185 Å². The zero-order valence-corrected chi connectivity index (χ0v) is 19.8. The number of nitrogens with zero attached hydrogens (tertiary/aromatic N) is 3. The van der Waals surface area contributed by atoms with Gasteiger partial charge in [0.2, 0.25) is 10.0 Å². The Morgan fingerprint density at radius 1 is 1.26 bits per heavy atom. The van der Waals surface area contributed by atoms with Gasteiger partial charge in [0.15, 0.2) is 0 Å². The van der Waals surface area contributed by atoms with Gasteiger partial charge in [-0.15, -0.1) is 0 Å². The van der Waals surface area contributed by atoms with E-state index < -0.39 is 15.6 Å². The number of carbonyl (C=O) groups excluding carboxylic acids is 1. The minimum Gasteiger partial charge on any atom is -0.492 e. The number of pyridine rings is 1. The summed E-state index contributed by atoms with van der Waals surface area (Å²) in [4.78, 5) is 18.5. The van der Waals surface area contributed by atoms with Gasteiger partial charge in [-0.25, -0.2) is 13.2 Å². The minimum atomic E-state index is -3.16. The number of sulfonamides is 1. The molecule has 0 radical (unpaired) electrons. The molecule has 2 atom stereocenters. The summed E-state index contributed by atoms with van der Waals surface area (Å²) in [6, 6.07) is 3.79. The van der Waals surface area contributed by atoms with Crippen molar-refractivity contribution >= 4 is 21.7 Å². The molecule has 2 unspecified atom stereocenters. The van der Waals surface area contributed by atoms with Crippen molar-refractivity contribution in [3.63, 3.8) is 0 Å². The molecule has 2 aliphatic heterocycles. The van der Waals surface area contributed by atoms with Gasteiger partial charge in [-0.1, -0.05) is 13.0 Å². The van der Waals surface area contributed by atoms with Crippen molar-refractivity contribution in [1.82, 2.24) is 14.2 Å². The van der Waals surface area contributed by atoms with Gasteiger partial charge in [-0.3, -0.25) is 4.98 Å². The molecular weight excluding hydrogens is 418 g/mol. The Kier molecular flexibility index (Phi) is 6.95. The summed E-state index contributed by atoms with van der Waals surface area (Å²) in [5.41, 5.74) is 1.38. The van der Waals surface area contributed by atoms with Crippen molar-refractivity contribution in [1.29, 1.82) is 0 Å². The predicted octanol–water partition coefficient (Wildman–Crippen LogP) is 3.01. The van der Waals surface area contributed by atoms with Gasteiger partial charge in [0.1, 0.15) is 11.4 Å². The molecule has 0 aliphatic carbocycles. The Bertz CT molecular complexity index is 921. The highest BCUT2D eigenvalue weighted by Gasteiger charge is 2.35. The van der Waals surface area contributed by atoms with Gasteiger partial charge in [0.05, 0.1) is 24.8 Å². The van der Waals surface area contributed by atoms with Crippen LogP contribution >= 0.6 is 0 Å². The fourth-order valence-corrected chi connectivity index (χ4v) is 4.54. The average molecular weight is 452 g/mol. The molecule has 3 heterocycles. The van der Waals surface area contributed by atoms with Gasteiger partial charge < -0.3 is 14.4 Å². The van der Waals surface area contributed by atoms with Crippen molar-refractivity contribution in [3.05, 3.63) is 30.1 Å². The van der Waals surface area contributed by atoms with Gasteiger partial charge in [-0.05, 0) is 50.8 Å². The van der Waals surface area contributed by atoms with Crippen LogP contribution in [0.3, 0.4) is 0 Å². The van der Waals surface area contributed by atoms with Gasteiger partial charge in [0, 0.05) is 32.1 Å². The molecule has 8 nitrogen and oxygen atoms in total. The van der Waals surface area contributed by atoms with Crippen LogP contribution in [0.15, 0.2) is 24.4 Å². The molecule has 1 aromatic rings. The van der Waals surface area contributed by atoms with Crippen LogP contribution in [0.25, 0.3) is 5.57 Å². The normalized spacial score (nSPS) is 22.9. The Morgan fingerprint density at radius 2 is 2.00 bits per heavy atom. The Hall–Kier alpha value is -2.13. The van der Waals surface area contributed by atoms with Crippen LogP contribution in [0.1, 0.15) is 39.8 Å². The molecule has 0 saturated carbocycles. The Balaban J connectivity index is 1.52. The molecule has 1 saturated heterocycles. The van der Waals surface area contributed by atoms with Gasteiger partial charge in [-0.2, -0.15) is 4.31 Å². The van der Waals surface area contributed by atoms with Gasteiger partial charge >= 0.3 is 6.09 Å². The van der Waals surface area contributed by atoms with Crippen molar-refractivity contribution in [3.8, 4) is 5.75 Å². The van der Waals surface area contributed by atoms with Crippen LogP contribution in [-0.2, 0) is 14.8 Å². The van der Waals surface area contributed by atoms with Gasteiger partial charge in [0.25, 0.3) is 0 Å². The lowest BCUT2D eigenvalue weighted by molar-refractivity contribution is 0.0282. The van der Waals surface area contributed by atoms with E-state index in [4.69, 9.17) is 9.47 Å². The fraction of sp³-hybridized carbons (Fsp3) is 0.636. The fourth-order valence-electron chi connectivity index (χ4n) is 3.77. The molecule has 31 heavy (non-hydrogen) atoms. The summed E-state index contributed by atoms with van der Waals surface area (Å²) in [6.45, 7) is 10.4. The smallest absolute Gasteiger partial charge is 0.410 e. The molecule has 0 spiro atoms. The van der Waals surface area contributed by atoms with E-state index in [1.165, 1.54) is 10.6 Å². The minimum absolute atomic E-state index is 0.232. The van der Waals surface area contributed by atoms with E-state index in [9.17, 15) is 13.2 Å². The first-order valence-electron chi connectivity index (χ1n) is 10.6. The van der Waals surface area contributed by atoms with E-state index in [2.05, 4.69) is 11.9 Å². The van der Waals surface area contributed by atoms with Crippen LogP contribution in [-0.4, -0.2) is 73.3 Å². The summed E-state index contributed by atoms with van der Waals surface area (Å²) >= 11 is 0. The number of aromatic nitrogens is 1. The summed E-state index contributed by atoms with van der Waals surface area (Å²) in [6.07, 6.45) is 5.21. The lowest BCUT2D eigenvalue weighted by Crippen LogP contribution is -2.35. The van der Waals surface area contributed by atoms with Crippen LogP contribution in [0.4, 0.5) is 4.79 Å². The highest BCUT2D eigenvalue weighted by atomic mass is 32.2. The number of carbonyl (C=O) groups is 1. The van der Waals surface area contributed by atoms with E-state index in [0.717, 1.165) is 11.3 Å². The second-order valence-corrected chi connectivity index (χ2v) is 11.4. The number of hydrogen-bond donors (Lipinski definition) is 0. The van der Waals surface area contributed by atoms with Crippen LogP contribution in [0, 0.1) is 11.8 Å². The highest BCUT2D eigenvalue weighted by molar-refractivity contribution is 7.88. The molecule has 0 bridgehead atoms. The zero-order valence-electron chi connectivity index (χ0n) is 19.0. The predicted molar refractivity (Wildman–Crippen MR) is 119 cm³/mol. The number of likely N-dealkylation sites (tertiary alicyclic amines) is 1. The third-order valence-electron chi connectivity index (χ3n) is 5.59. The molecule has 2 aliphatic rings. The zero-order chi connectivity index (χ0) is 22.8. The van der Waals surface area contributed by atoms with E-state index in [-0.39, 0.29) is 12.0 Å². The molecule has 3 rings (SSSR count). The second-order valence-electron chi connectivity index (χ2n) is 9.41. The lowest BCUT2D eigenvalue weighted by Gasteiger charge is -2.24. The molecule has 0 N–H and O–H groups in total. The molecule has 0 aromatic carbocycles. The number of amides is 1. The SMILES string of the molecule is CC1CN(C(=O)OC(C)(C)C)CC1COc1ccc(C2=CCN(S(C)(=O)=O)CC2)nc1. The molecule has 1 amide bonds. The molecule has 1 fully saturated rings. The van der Waals surface area contributed by atoms with Crippen LogP contribution < -0.4 is 4.74 Å². The van der Waals surface area contributed by atoms with Crippen molar-refractivity contribution < 1.29 is 22.7 Å². The monoisotopic (exact) mass is 451 g/mol. The molecule has 172 valence electrons. The first kappa shape index (κ1) is 23.5. The quantitative estimate of drug-likeness (QED) is 0.684. The summed E-state index contributed by atoms with van der Waals surface area (Å²) < 4.78 is 36.1. The molecular formula is C22H33N3O5S. The van der Waals surface area contributed by atoms with Crippen LogP contribution in [0.5, 0.6) is 5.75 Å². The van der Waals surface area contributed by atoms with E-state index in [1.807, 2.05) is 39.0 Å².